The van der Waals surface area contributed by atoms with Gasteiger partial charge in [-0.1, -0.05) is 0 Å². The number of halogens is 2. The highest BCUT2D eigenvalue weighted by Crippen LogP contribution is 2.27. The van der Waals surface area contributed by atoms with Crippen molar-refractivity contribution < 1.29 is 4.84 Å². The van der Waals surface area contributed by atoms with Gasteiger partial charge >= 0.3 is 0 Å². The third-order valence-corrected chi connectivity index (χ3v) is 3.45. The van der Waals surface area contributed by atoms with E-state index in [4.69, 9.17) is 4.84 Å². The van der Waals surface area contributed by atoms with Crippen molar-refractivity contribution in [2.75, 3.05) is 0 Å². The fourth-order valence-corrected chi connectivity index (χ4v) is 1.55. The minimum Gasteiger partial charge on any atom is -0.358 e. The lowest BCUT2D eigenvalue weighted by molar-refractivity contribution is 0.178. The standard InChI is InChI=1S/C9H6Br2N2O/c10-8-3-2-7(6-9(8)11)14-13-5-1-4-12-13/h1-6H. The zero-order valence-electron chi connectivity index (χ0n) is 7.02. The van der Waals surface area contributed by atoms with Gasteiger partial charge in [-0.15, -0.1) is 9.94 Å². The van der Waals surface area contributed by atoms with Gasteiger partial charge in [0.1, 0.15) is 0 Å². The Kier molecular flexibility index (Phi) is 2.88. The van der Waals surface area contributed by atoms with Crippen LogP contribution >= 0.6 is 31.9 Å². The van der Waals surface area contributed by atoms with E-state index in [-0.39, 0.29) is 0 Å². The number of hydrogen-bond acceptors (Lipinski definition) is 2. The predicted molar refractivity (Wildman–Crippen MR) is 60.1 cm³/mol. The molecule has 5 heteroatoms. The van der Waals surface area contributed by atoms with E-state index < -0.39 is 0 Å². The molecule has 0 aliphatic carbocycles. The summed E-state index contributed by atoms with van der Waals surface area (Å²) >= 11 is 6.78. The molecule has 0 aliphatic rings. The lowest BCUT2D eigenvalue weighted by Crippen LogP contribution is -2.04. The molecule has 0 spiro atoms. The lowest BCUT2D eigenvalue weighted by Gasteiger charge is -2.04. The molecule has 1 aromatic heterocycles. The Morgan fingerprint density at radius 1 is 1.21 bits per heavy atom. The van der Waals surface area contributed by atoms with E-state index in [9.17, 15) is 0 Å². The zero-order chi connectivity index (χ0) is 9.97. The minimum atomic E-state index is 0.726. The lowest BCUT2D eigenvalue weighted by atomic mass is 10.3. The molecule has 1 heterocycles. The Morgan fingerprint density at radius 2 is 2.07 bits per heavy atom. The molecule has 0 amide bonds. The molecular weight excluding hydrogens is 312 g/mol. The van der Waals surface area contributed by atoms with Crippen molar-refractivity contribution in [1.29, 1.82) is 0 Å². The van der Waals surface area contributed by atoms with Crippen LogP contribution in [0.15, 0.2) is 45.6 Å². The van der Waals surface area contributed by atoms with Gasteiger partial charge in [-0.05, 0) is 56.1 Å². The molecular formula is C9H6Br2N2O. The zero-order valence-corrected chi connectivity index (χ0v) is 10.2. The van der Waals surface area contributed by atoms with Gasteiger partial charge in [-0.25, -0.2) is 0 Å². The first-order valence-electron chi connectivity index (χ1n) is 3.89. The van der Waals surface area contributed by atoms with Gasteiger partial charge < -0.3 is 4.84 Å². The molecule has 0 saturated heterocycles. The van der Waals surface area contributed by atoms with Gasteiger partial charge in [0.15, 0.2) is 5.75 Å². The molecule has 0 aliphatic heterocycles. The van der Waals surface area contributed by atoms with Gasteiger partial charge in [-0.2, -0.15) is 0 Å². The topological polar surface area (TPSA) is 27.1 Å². The number of hydrogen-bond donors (Lipinski definition) is 0. The van der Waals surface area contributed by atoms with Crippen molar-refractivity contribution in [1.82, 2.24) is 9.94 Å². The SMILES string of the molecule is Brc1ccc(On2cccn2)cc1Br. The van der Waals surface area contributed by atoms with Crippen LogP contribution in [0.2, 0.25) is 0 Å². The first kappa shape index (κ1) is 9.73. The summed E-state index contributed by atoms with van der Waals surface area (Å²) in [6.07, 6.45) is 3.39. The van der Waals surface area contributed by atoms with Crippen molar-refractivity contribution in [2.24, 2.45) is 0 Å². The van der Waals surface area contributed by atoms with Gasteiger partial charge in [0, 0.05) is 8.95 Å². The van der Waals surface area contributed by atoms with Crippen LogP contribution in [0.4, 0.5) is 0 Å². The molecule has 0 unspecified atom stereocenters. The van der Waals surface area contributed by atoms with Gasteiger partial charge in [0.25, 0.3) is 0 Å². The summed E-state index contributed by atoms with van der Waals surface area (Å²) in [5.41, 5.74) is 0. The molecule has 0 radical (unpaired) electrons. The summed E-state index contributed by atoms with van der Waals surface area (Å²) < 4.78 is 1.94. The van der Waals surface area contributed by atoms with Crippen LogP contribution in [0.25, 0.3) is 0 Å². The molecule has 72 valence electrons. The smallest absolute Gasteiger partial charge is 0.159 e. The molecule has 0 saturated carbocycles. The molecule has 0 atom stereocenters. The summed E-state index contributed by atoms with van der Waals surface area (Å²) in [5, 5.41) is 3.93. The molecule has 1 aromatic carbocycles. The second-order valence-electron chi connectivity index (χ2n) is 2.58. The van der Waals surface area contributed by atoms with E-state index in [1.54, 1.807) is 18.5 Å². The second kappa shape index (κ2) is 4.14. The molecule has 14 heavy (non-hydrogen) atoms. The third kappa shape index (κ3) is 2.16. The van der Waals surface area contributed by atoms with Crippen molar-refractivity contribution in [3.63, 3.8) is 0 Å². The molecule has 0 fully saturated rings. The van der Waals surface area contributed by atoms with Crippen molar-refractivity contribution in [2.45, 2.75) is 0 Å². The third-order valence-electron chi connectivity index (χ3n) is 1.57. The summed E-state index contributed by atoms with van der Waals surface area (Å²) in [4.78, 5) is 6.81. The fourth-order valence-electron chi connectivity index (χ4n) is 0.950. The van der Waals surface area contributed by atoms with E-state index in [0.29, 0.717) is 0 Å². The Labute approximate surface area is 97.9 Å². The quantitative estimate of drug-likeness (QED) is 0.850. The van der Waals surface area contributed by atoms with Crippen molar-refractivity contribution >= 4 is 31.9 Å². The van der Waals surface area contributed by atoms with Gasteiger partial charge in [-0.3, -0.25) is 0 Å². The summed E-state index contributed by atoms with van der Waals surface area (Å²) in [6, 6.07) is 7.43. The van der Waals surface area contributed by atoms with Crippen LogP contribution < -0.4 is 4.84 Å². The largest absolute Gasteiger partial charge is 0.358 e. The second-order valence-corrected chi connectivity index (χ2v) is 4.28. The average molecular weight is 318 g/mol. The van der Waals surface area contributed by atoms with Crippen molar-refractivity contribution in [3.8, 4) is 5.75 Å². The van der Waals surface area contributed by atoms with Crippen LogP contribution in [0.3, 0.4) is 0 Å². The summed E-state index contributed by atoms with van der Waals surface area (Å²) in [7, 11) is 0. The van der Waals surface area contributed by atoms with Crippen LogP contribution in [-0.2, 0) is 0 Å². The maximum atomic E-state index is 5.41. The molecule has 0 bridgehead atoms. The van der Waals surface area contributed by atoms with Gasteiger partial charge in [0.2, 0.25) is 0 Å². The van der Waals surface area contributed by atoms with Crippen LogP contribution in [0.5, 0.6) is 5.75 Å². The van der Waals surface area contributed by atoms with Crippen LogP contribution in [-0.4, -0.2) is 9.94 Å². The van der Waals surface area contributed by atoms with E-state index in [0.717, 1.165) is 14.7 Å². The van der Waals surface area contributed by atoms with Gasteiger partial charge in [0.05, 0.1) is 12.4 Å². The average Bonchev–Trinajstić information content (AvgIpc) is 2.64. The highest BCUT2D eigenvalue weighted by atomic mass is 79.9. The fraction of sp³-hybridized carbons (Fsp3) is 0. The van der Waals surface area contributed by atoms with E-state index in [1.165, 1.54) is 4.85 Å². The first-order valence-corrected chi connectivity index (χ1v) is 5.47. The number of nitrogens with zero attached hydrogens (tertiary/aromatic N) is 2. The summed E-state index contributed by atoms with van der Waals surface area (Å²) in [5.74, 6) is 0.726. The maximum Gasteiger partial charge on any atom is 0.159 e. The monoisotopic (exact) mass is 316 g/mol. The number of aromatic nitrogens is 2. The Morgan fingerprint density at radius 3 is 2.71 bits per heavy atom. The summed E-state index contributed by atoms with van der Waals surface area (Å²) in [6.45, 7) is 0. The molecule has 3 nitrogen and oxygen atoms in total. The number of rotatable bonds is 2. The maximum absolute atomic E-state index is 5.41. The predicted octanol–water partition coefficient (Wildman–Crippen LogP) is 3.25. The Hall–Kier alpha value is -0.810. The van der Waals surface area contributed by atoms with Crippen molar-refractivity contribution in [3.05, 3.63) is 45.6 Å². The highest BCUT2D eigenvalue weighted by molar-refractivity contribution is 9.13. The minimum absolute atomic E-state index is 0.726. The molecule has 2 aromatic rings. The van der Waals surface area contributed by atoms with Crippen LogP contribution in [0.1, 0.15) is 0 Å². The van der Waals surface area contributed by atoms with E-state index in [1.807, 2.05) is 18.2 Å². The van der Waals surface area contributed by atoms with E-state index in [2.05, 4.69) is 37.0 Å². The normalized spacial score (nSPS) is 10.1. The molecule has 2 rings (SSSR count). The Bertz CT molecular complexity index is 428. The first-order chi connectivity index (χ1) is 6.75. The highest BCUT2D eigenvalue weighted by Gasteiger charge is 2.00. The van der Waals surface area contributed by atoms with Crippen LogP contribution in [0, 0.1) is 0 Å². The molecule has 0 N–H and O–H groups in total. The number of benzene rings is 1. The van der Waals surface area contributed by atoms with E-state index >= 15 is 0 Å². The Balaban J connectivity index is 2.22.